The lowest BCUT2D eigenvalue weighted by Crippen LogP contribution is -2.33. The van der Waals surface area contributed by atoms with E-state index in [0.29, 0.717) is 5.56 Å². The molecule has 0 aliphatic rings. The highest BCUT2D eigenvalue weighted by atomic mass is 16.7. The minimum Gasteiger partial charge on any atom is -0.459 e. The summed E-state index contributed by atoms with van der Waals surface area (Å²) in [6.45, 7) is 5.61. The lowest BCUT2D eigenvalue weighted by atomic mass is 10.2. The Hall–Kier alpha value is -1.59. The van der Waals surface area contributed by atoms with E-state index in [1.165, 1.54) is 0 Å². The highest BCUT2D eigenvalue weighted by Gasteiger charge is 2.15. The molecule has 0 saturated carbocycles. The van der Waals surface area contributed by atoms with Crippen molar-refractivity contribution in [2.24, 2.45) is 0 Å². The molecule has 0 fully saturated rings. The predicted molar refractivity (Wildman–Crippen MR) is 77.9 cm³/mol. The van der Waals surface area contributed by atoms with Crippen molar-refractivity contribution in [2.45, 2.75) is 39.2 Å². The van der Waals surface area contributed by atoms with E-state index in [4.69, 9.17) is 14.2 Å². The van der Waals surface area contributed by atoms with Gasteiger partial charge < -0.3 is 19.5 Å². The molecule has 1 N–H and O–H groups in total. The number of ether oxygens (including phenoxy) is 3. The van der Waals surface area contributed by atoms with Crippen molar-refractivity contribution < 1.29 is 19.0 Å². The predicted octanol–water partition coefficient (Wildman–Crippen LogP) is 2.67. The van der Waals surface area contributed by atoms with Crippen molar-refractivity contribution in [2.75, 3.05) is 19.5 Å². The summed E-state index contributed by atoms with van der Waals surface area (Å²) in [4.78, 5) is 11.7. The van der Waals surface area contributed by atoms with Gasteiger partial charge in [0.1, 0.15) is 0 Å². The number of esters is 1. The van der Waals surface area contributed by atoms with Crippen LogP contribution >= 0.6 is 0 Å². The number of anilines is 1. The lowest BCUT2D eigenvalue weighted by molar-refractivity contribution is -0.109. The van der Waals surface area contributed by atoms with Gasteiger partial charge in [-0.15, -0.1) is 0 Å². The van der Waals surface area contributed by atoms with Gasteiger partial charge in [-0.05, 0) is 45.0 Å². The Morgan fingerprint density at radius 1 is 1.05 bits per heavy atom. The molecule has 1 unspecified atom stereocenters. The van der Waals surface area contributed by atoms with Crippen LogP contribution < -0.4 is 5.32 Å². The van der Waals surface area contributed by atoms with E-state index in [2.05, 4.69) is 5.32 Å². The number of nitrogens with one attached hydrogen (secondary N) is 1. The molecule has 0 heterocycles. The molecule has 0 radical (unpaired) electrons. The molecule has 112 valence electrons. The molecule has 5 nitrogen and oxygen atoms in total. The molecule has 0 aliphatic heterocycles. The molecule has 5 heteroatoms. The van der Waals surface area contributed by atoms with Crippen LogP contribution in [0.1, 0.15) is 31.1 Å². The number of hydrogen-bond donors (Lipinski definition) is 1. The van der Waals surface area contributed by atoms with E-state index in [9.17, 15) is 4.79 Å². The maximum absolute atomic E-state index is 11.7. The Morgan fingerprint density at radius 3 is 2.05 bits per heavy atom. The van der Waals surface area contributed by atoms with E-state index >= 15 is 0 Å². The summed E-state index contributed by atoms with van der Waals surface area (Å²) in [6, 6.07) is 7.10. The molecule has 1 aromatic rings. The maximum atomic E-state index is 11.7. The monoisotopic (exact) mass is 281 g/mol. The first-order chi connectivity index (χ1) is 9.47. The maximum Gasteiger partial charge on any atom is 0.338 e. The second-order valence-corrected chi connectivity index (χ2v) is 4.80. The van der Waals surface area contributed by atoms with Crippen LogP contribution in [0.3, 0.4) is 0 Å². The Kier molecular flexibility index (Phi) is 6.48. The Labute approximate surface area is 120 Å². The van der Waals surface area contributed by atoms with Gasteiger partial charge >= 0.3 is 5.97 Å². The second kappa shape index (κ2) is 7.87. The van der Waals surface area contributed by atoms with E-state index in [1.807, 2.05) is 32.9 Å². The van der Waals surface area contributed by atoms with Crippen LogP contribution in [0.25, 0.3) is 0 Å². The summed E-state index contributed by atoms with van der Waals surface area (Å²) in [5.41, 5.74) is 1.42. The topological polar surface area (TPSA) is 56.8 Å². The number of carbonyl (C=O) groups excluding carboxylic acids is 1. The first-order valence-electron chi connectivity index (χ1n) is 6.61. The average Bonchev–Trinajstić information content (AvgIpc) is 2.40. The molecule has 0 aromatic heterocycles. The molecule has 0 spiro atoms. The number of benzene rings is 1. The van der Waals surface area contributed by atoms with Gasteiger partial charge in [-0.1, -0.05) is 0 Å². The van der Waals surface area contributed by atoms with Crippen LogP contribution in [-0.4, -0.2) is 38.6 Å². The smallest absolute Gasteiger partial charge is 0.338 e. The van der Waals surface area contributed by atoms with Crippen molar-refractivity contribution >= 4 is 11.7 Å². The molecule has 0 aliphatic carbocycles. The minimum atomic E-state index is -0.333. The van der Waals surface area contributed by atoms with Crippen LogP contribution in [0.2, 0.25) is 0 Å². The fourth-order valence-electron chi connectivity index (χ4n) is 1.82. The first-order valence-corrected chi connectivity index (χ1v) is 6.61. The van der Waals surface area contributed by atoms with E-state index < -0.39 is 0 Å². The zero-order valence-corrected chi connectivity index (χ0v) is 12.7. The number of methoxy groups -OCH3 is 2. The first kappa shape index (κ1) is 16.5. The SMILES string of the molecule is COC(OC)C(C)Nc1ccc(C(=O)OC(C)C)cc1. The van der Waals surface area contributed by atoms with Crippen LogP contribution in [0.4, 0.5) is 5.69 Å². The van der Waals surface area contributed by atoms with Crippen molar-refractivity contribution in [1.29, 1.82) is 0 Å². The van der Waals surface area contributed by atoms with Crippen LogP contribution in [-0.2, 0) is 14.2 Å². The largest absolute Gasteiger partial charge is 0.459 e. The fourth-order valence-corrected chi connectivity index (χ4v) is 1.82. The zero-order valence-electron chi connectivity index (χ0n) is 12.7. The quantitative estimate of drug-likeness (QED) is 0.615. The molecule has 0 bridgehead atoms. The summed E-state index contributed by atoms with van der Waals surface area (Å²) in [5.74, 6) is -0.314. The van der Waals surface area contributed by atoms with Crippen molar-refractivity contribution in [3.63, 3.8) is 0 Å². The van der Waals surface area contributed by atoms with Gasteiger partial charge in [-0.25, -0.2) is 4.79 Å². The average molecular weight is 281 g/mol. The van der Waals surface area contributed by atoms with Crippen molar-refractivity contribution in [1.82, 2.24) is 0 Å². The summed E-state index contributed by atoms with van der Waals surface area (Å²) >= 11 is 0. The fraction of sp³-hybridized carbons (Fsp3) is 0.533. The molecule has 1 rings (SSSR count). The van der Waals surface area contributed by atoms with Gasteiger partial charge in [0.2, 0.25) is 0 Å². The third-order valence-electron chi connectivity index (χ3n) is 2.73. The van der Waals surface area contributed by atoms with Gasteiger partial charge in [0, 0.05) is 19.9 Å². The van der Waals surface area contributed by atoms with E-state index in [0.717, 1.165) is 5.69 Å². The molecule has 20 heavy (non-hydrogen) atoms. The minimum absolute atomic E-state index is 0.0153. The Bertz CT molecular complexity index is 412. The number of carbonyl (C=O) groups is 1. The third kappa shape index (κ3) is 4.83. The lowest BCUT2D eigenvalue weighted by Gasteiger charge is -2.23. The molecule has 0 amide bonds. The summed E-state index contributed by atoms with van der Waals surface area (Å²) in [6.07, 6.45) is -0.454. The van der Waals surface area contributed by atoms with Crippen LogP contribution in [0.5, 0.6) is 0 Å². The van der Waals surface area contributed by atoms with Crippen LogP contribution in [0, 0.1) is 0 Å². The third-order valence-corrected chi connectivity index (χ3v) is 2.73. The molecular formula is C15H23NO4. The van der Waals surface area contributed by atoms with Crippen molar-refractivity contribution in [3.8, 4) is 0 Å². The highest BCUT2D eigenvalue weighted by Crippen LogP contribution is 2.14. The van der Waals surface area contributed by atoms with Crippen molar-refractivity contribution in [3.05, 3.63) is 29.8 Å². The highest BCUT2D eigenvalue weighted by molar-refractivity contribution is 5.89. The summed E-state index contributed by atoms with van der Waals surface area (Å²) in [7, 11) is 3.19. The number of rotatable bonds is 7. The second-order valence-electron chi connectivity index (χ2n) is 4.80. The Morgan fingerprint density at radius 2 is 1.60 bits per heavy atom. The standard InChI is InChI=1S/C15H23NO4/c1-10(2)20-14(17)12-6-8-13(9-7-12)16-11(3)15(18-4)19-5/h6-11,15-16H,1-5H3. The molecule has 1 atom stereocenters. The van der Waals surface area contributed by atoms with Gasteiger partial charge in [0.25, 0.3) is 0 Å². The normalized spacial score (nSPS) is 12.6. The van der Waals surface area contributed by atoms with Gasteiger partial charge in [0.15, 0.2) is 6.29 Å². The molecule has 0 saturated heterocycles. The molecular weight excluding hydrogens is 258 g/mol. The summed E-state index contributed by atoms with van der Waals surface area (Å²) < 4.78 is 15.5. The zero-order chi connectivity index (χ0) is 15.1. The van der Waals surface area contributed by atoms with E-state index in [1.54, 1.807) is 26.4 Å². The van der Waals surface area contributed by atoms with Crippen LogP contribution in [0.15, 0.2) is 24.3 Å². The number of hydrogen-bond acceptors (Lipinski definition) is 5. The summed E-state index contributed by atoms with van der Waals surface area (Å²) in [5, 5.41) is 3.25. The van der Waals surface area contributed by atoms with E-state index in [-0.39, 0.29) is 24.4 Å². The van der Waals surface area contributed by atoms with Gasteiger partial charge in [-0.2, -0.15) is 0 Å². The molecule has 1 aromatic carbocycles. The Balaban J connectivity index is 2.65. The van der Waals surface area contributed by atoms with Gasteiger partial charge in [-0.3, -0.25) is 0 Å². The van der Waals surface area contributed by atoms with Gasteiger partial charge in [0.05, 0.1) is 17.7 Å².